The molecule has 2 heterocycles. The van der Waals surface area contributed by atoms with Crippen molar-refractivity contribution in [2.24, 2.45) is 0 Å². The zero-order valence-electron chi connectivity index (χ0n) is 16.5. The molecule has 3 atom stereocenters. The lowest BCUT2D eigenvalue weighted by molar-refractivity contribution is -0.0477. The van der Waals surface area contributed by atoms with Gasteiger partial charge in [-0.2, -0.15) is 0 Å². The van der Waals surface area contributed by atoms with E-state index in [-0.39, 0.29) is 24.6 Å². The van der Waals surface area contributed by atoms with Crippen molar-refractivity contribution in [1.82, 2.24) is 4.90 Å². The number of para-hydroxylation sites is 1. The Morgan fingerprint density at radius 3 is 2.20 bits per heavy atom. The van der Waals surface area contributed by atoms with Crippen LogP contribution in [0.15, 0.2) is 89.8 Å². The highest BCUT2D eigenvalue weighted by Gasteiger charge is 2.53. The predicted molar refractivity (Wildman–Crippen MR) is 117 cm³/mol. The van der Waals surface area contributed by atoms with E-state index < -0.39 is 10.0 Å². The van der Waals surface area contributed by atoms with Crippen LogP contribution in [0.4, 0.5) is 5.69 Å². The van der Waals surface area contributed by atoms with E-state index in [4.69, 9.17) is 0 Å². The molecular formula is C24H24N2O3S. The lowest BCUT2D eigenvalue weighted by Crippen LogP contribution is -2.68. The Hall–Kier alpha value is -2.67. The minimum absolute atomic E-state index is 0.0158. The van der Waals surface area contributed by atoms with Gasteiger partial charge in [0.05, 0.1) is 23.7 Å². The van der Waals surface area contributed by atoms with Crippen LogP contribution in [-0.2, 0) is 16.6 Å². The lowest BCUT2D eigenvalue weighted by Gasteiger charge is -2.59. The molecular weight excluding hydrogens is 396 g/mol. The second kappa shape index (κ2) is 7.54. The number of fused-ring (bicyclic) bond motifs is 3. The van der Waals surface area contributed by atoms with Crippen LogP contribution < -0.4 is 4.31 Å². The number of aliphatic hydroxyl groups excluding tert-OH is 1. The predicted octanol–water partition coefficient (Wildman–Crippen LogP) is 3.22. The van der Waals surface area contributed by atoms with Gasteiger partial charge in [0, 0.05) is 24.5 Å². The largest absolute Gasteiger partial charge is 0.395 e. The molecule has 154 valence electrons. The third kappa shape index (κ3) is 3.03. The quantitative estimate of drug-likeness (QED) is 0.689. The molecule has 5 nitrogen and oxygen atoms in total. The van der Waals surface area contributed by atoms with E-state index in [2.05, 4.69) is 17.0 Å². The van der Waals surface area contributed by atoms with Gasteiger partial charge in [0.2, 0.25) is 0 Å². The molecule has 3 aromatic rings. The minimum Gasteiger partial charge on any atom is -0.395 e. The van der Waals surface area contributed by atoms with Gasteiger partial charge < -0.3 is 5.11 Å². The summed E-state index contributed by atoms with van der Waals surface area (Å²) >= 11 is 0. The van der Waals surface area contributed by atoms with Gasteiger partial charge >= 0.3 is 0 Å². The van der Waals surface area contributed by atoms with Crippen molar-refractivity contribution in [3.05, 3.63) is 96.1 Å². The van der Waals surface area contributed by atoms with Crippen molar-refractivity contribution >= 4 is 15.7 Å². The second-order valence-corrected chi connectivity index (χ2v) is 9.77. The smallest absolute Gasteiger partial charge is 0.264 e. The highest BCUT2D eigenvalue weighted by Crippen LogP contribution is 2.49. The molecule has 0 aromatic heterocycles. The number of hydrogen-bond acceptors (Lipinski definition) is 4. The van der Waals surface area contributed by atoms with E-state index in [9.17, 15) is 13.5 Å². The molecule has 0 aliphatic carbocycles. The second-order valence-electron chi connectivity index (χ2n) is 7.91. The molecule has 0 spiro atoms. The summed E-state index contributed by atoms with van der Waals surface area (Å²) in [6.45, 7) is 1.12. The maximum atomic E-state index is 13.5. The molecule has 0 unspecified atom stereocenters. The summed E-state index contributed by atoms with van der Waals surface area (Å²) in [7, 11) is -3.67. The normalized spacial score (nSPS) is 23.4. The number of hydrogen-bond donors (Lipinski definition) is 1. The maximum Gasteiger partial charge on any atom is 0.264 e. The van der Waals surface area contributed by atoms with Crippen molar-refractivity contribution in [2.75, 3.05) is 17.5 Å². The molecule has 2 aliphatic rings. The van der Waals surface area contributed by atoms with Crippen LogP contribution in [0.3, 0.4) is 0 Å². The highest BCUT2D eigenvalue weighted by atomic mass is 32.2. The fraction of sp³-hybridized carbons (Fsp3) is 0.250. The number of nitrogens with zero attached hydrogens (tertiary/aromatic N) is 2. The fourth-order valence-electron chi connectivity index (χ4n) is 4.91. The Morgan fingerprint density at radius 2 is 1.50 bits per heavy atom. The van der Waals surface area contributed by atoms with Crippen molar-refractivity contribution in [3.8, 4) is 0 Å². The van der Waals surface area contributed by atoms with Gasteiger partial charge in [0.1, 0.15) is 0 Å². The Balaban J connectivity index is 1.54. The molecule has 2 aliphatic heterocycles. The summed E-state index contributed by atoms with van der Waals surface area (Å²) in [4.78, 5) is 2.54. The van der Waals surface area contributed by atoms with Crippen molar-refractivity contribution in [2.45, 2.75) is 29.4 Å². The molecule has 6 heteroatoms. The van der Waals surface area contributed by atoms with Gasteiger partial charge in [-0.15, -0.1) is 0 Å². The van der Waals surface area contributed by atoms with Crippen LogP contribution in [-0.4, -0.2) is 43.7 Å². The zero-order valence-corrected chi connectivity index (χ0v) is 17.3. The summed E-state index contributed by atoms with van der Waals surface area (Å²) in [5.41, 5.74) is 2.88. The number of aliphatic hydroxyl groups is 1. The van der Waals surface area contributed by atoms with Gasteiger partial charge in [0.15, 0.2) is 0 Å². The zero-order chi connectivity index (χ0) is 20.7. The fourth-order valence-corrected chi connectivity index (χ4v) is 6.44. The Morgan fingerprint density at radius 1 is 0.867 bits per heavy atom. The minimum atomic E-state index is -3.67. The summed E-state index contributed by atoms with van der Waals surface area (Å²) < 4.78 is 28.5. The van der Waals surface area contributed by atoms with Crippen molar-refractivity contribution < 1.29 is 13.5 Å². The Kier molecular flexibility index (Phi) is 4.85. The average molecular weight is 421 g/mol. The highest BCUT2D eigenvalue weighted by molar-refractivity contribution is 7.92. The van der Waals surface area contributed by atoms with E-state index in [0.717, 1.165) is 16.8 Å². The van der Waals surface area contributed by atoms with E-state index in [1.165, 1.54) is 0 Å². The summed E-state index contributed by atoms with van der Waals surface area (Å²) in [5.74, 6) is 0.122. The van der Waals surface area contributed by atoms with Crippen molar-refractivity contribution in [3.63, 3.8) is 0 Å². The van der Waals surface area contributed by atoms with Gasteiger partial charge in [-0.05, 0) is 29.3 Å². The summed E-state index contributed by atoms with van der Waals surface area (Å²) in [5, 5.41) is 10.1. The first kappa shape index (κ1) is 19.3. The molecule has 1 fully saturated rings. The number of anilines is 1. The number of rotatable bonds is 5. The molecule has 0 radical (unpaired) electrons. The maximum absolute atomic E-state index is 13.5. The van der Waals surface area contributed by atoms with Gasteiger partial charge in [-0.1, -0.05) is 66.7 Å². The monoisotopic (exact) mass is 420 g/mol. The van der Waals surface area contributed by atoms with Crippen LogP contribution in [0, 0.1) is 0 Å². The SMILES string of the molecule is O=S(=O)(c1ccccc1)N1C[C@H]2[C@@H](c3ccccc31)[C@H](CO)N2Cc1ccccc1. The lowest BCUT2D eigenvalue weighted by atomic mass is 9.72. The number of likely N-dealkylation sites (tertiary alicyclic amines) is 1. The Labute approximate surface area is 177 Å². The summed E-state index contributed by atoms with van der Waals surface area (Å²) in [6.07, 6.45) is 0. The number of benzene rings is 3. The third-order valence-corrected chi connectivity index (χ3v) is 8.12. The molecule has 1 saturated heterocycles. The van der Waals surface area contributed by atoms with E-state index in [0.29, 0.717) is 18.0 Å². The third-order valence-electron chi connectivity index (χ3n) is 6.32. The molecule has 0 bridgehead atoms. The van der Waals surface area contributed by atoms with Crippen LogP contribution in [0.5, 0.6) is 0 Å². The molecule has 0 amide bonds. The molecule has 3 aromatic carbocycles. The van der Waals surface area contributed by atoms with E-state index >= 15 is 0 Å². The van der Waals surface area contributed by atoms with E-state index in [1.807, 2.05) is 48.5 Å². The first-order valence-electron chi connectivity index (χ1n) is 10.2. The first-order valence-corrected chi connectivity index (χ1v) is 11.6. The van der Waals surface area contributed by atoms with Crippen LogP contribution in [0.2, 0.25) is 0 Å². The molecule has 5 rings (SSSR count). The van der Waals surface area contributed by atoms with Gasteiger partial charge in [-0.3, -0.25) is 9.21 Å². The van der Waals surface area contributed by atoms with Crippen molar-refractivity contribution in [1.29, 1.82) is 0 Å². The van der Waals surface area contributed by atoms with Crippen LogP contribution >= 0.6 is 0 Å². The van der Waals surface area contributed by atoms with Gasteiger partial charge in [0.25, 0.3) is 10.0 Å². The number of sulfonamides is 1. The average Bonchev–Trinajstić information content (AvgIpc) is 2.78. The molecule has 1 N–H and O–H groups in total. The standard InChI is InChI=1S/C24H24N2O3S/c27-17-23-24-20-13-7-8-14-21(20)26(30(28,29)19-11-5-2-6-12-19)16-22(24)25(23)15-18-9-3-1-4-10-18/h1-14,22-24,27H,15-17H2/t22-,23-,24+/m0/s1. The first-order chi connectivity index (χ1) is 14.6. The molecule has 30 heavy (non-hydrogen) atoms. The molecule has 0 saturated carbocycles. The Bertz CT molecular complexity index is 1140. The van der Waals surface area contributed by atoms with E-state index in [1.54, 1.807) is 28.6 Å². The van der Waals surface area contributed by atoms with Gasteiger partial charge in [-0.25, -0.2) is 8.42 Å². The topological polar surface area (TPSA) is 60.9 Å². The van der Waals surface area contributed by atoms with Crippen LogP contribution in [0.25, 0.3) is 0 Å². The van der Waals surface area contributed by atoms with Crippen LogP contribution in [0.1, 0.15) is 17.0 Å². The summed E-state index contributed by atoms with van der Waals surface area (Å²) in [6, 6.07) is 26.4.